The number of benzene rings is 3. The van der Waals surface area contributed by atoms with E-state index in [-0.39, 0.29) is 12.4 Å². The van der Waals surface area contributed by atoms with Crippen LogP contribution in [-0.2, 0) is 9.53 Å². The molecule has 0 saturated carbocycles. The third-order valence-corrected chi connectivity index (χ3v) is 4.53. The van der Waals surface area contributed by atoms with Gasteiger partial charge in [-0.25, -0.2) is 4.79 Å². The van der Waals surface area contributed by atoms with Gasteiger partial charge in [0.2, 0.25) is 0 Å². The molecule has 6 nitrogen and oxygen atoms in total. The summed E-state index contributed by atoms with van der Waals surface area (Å²) in [5.41, 5.74) is 1.21. The van der Waals surface area contributed by atoms with Gasteiger partial charge in [0.05, 0.1) is 21.3 Å². The fourth-order valence-corrected chi connectivity index (χ4v) is 2.91. The number of esters is 1. The third-order valence-electron chi connectivity index (χ3n) is 4.53. The number of ether oxygens (including phenoxy) is 4. The summed E-state index contributed by atoms with van der Waals surface area (Å²) in [6.45, 7) is -0.365. The Kier molecular flexibility index (Phi) is 6.70. The topological polar surface area (TPSA) is 71.1 Å². The largest absolute Gasteiger partial charge is 0.497 e. The van der Waals surface area contributed by atoms with Crippen LogP contribution in [-0.4, -0.2) is 39.7 Å². The maximum Gasteiger partial charge on any atom is 0.331 e. The molecule has 0 bridgehead atoms. The summed E-state index contributed by atoms with van der Waals surface area (Å²) in [7, 11) is 4.62. The van der Waals surface area contributed by atoms with Gasteiger partial charge >= 0.3 is 5.97 Å². The van der Waals surface area contributed by atoms with Gasteiger partial charge in [-0.15, -0.1) is 0 Å². The van der Waals surface area contributed by atoms with Gasteiger partial charge in [-0.3, -0.25) is 4.79 Å². The zero-order chi connectivity index (χ0) is 21.5. The van der Waals surface area contributed by atoms with Crippen molar-refractivity contribution in [2.75, 3.05) is 27.9 Å². The van der Waals surface area contributed by atoms with Crippen molar-refractivity contribution in [1.82, 2.24) is 0 Å². The van der Waals surface area contributed by atoms with Gasteiger partial charge in [-0.2, -0.15) is 0 Å². The highest BCUT2D eigenvalue weighted by Gasteiger charge is 2.12. The lowest BCUT2D eigenvalue weighted by molar-refractivity contribution is -0.136. The van der Waals surface area contributed by atoms with Crippen LogP contribution in [0.3, 0.4) is 0 Å². The van der Waals surface area contributed by atoms with Gasteiger partial charge < -0.3 is 18.9 Å². The molecule has 30 heavy (non-hydrogen) atoms. The predicted octanol–water partition coefficient (Wildman–Crippen LogP) is 4.30. The van der Waals surface area contributed by atoms with Gasteiger partial charge in [0, 0.05) is 11.6 Å². The van der Waals surface area contributed by atoms with Crippen molar-refractivity contribution in [3.8, 4) is 17.2 Å². The lowest BCUT2D eigenvalue weighted by Gasteiger charge is -2.09. The van der Waals surface area contributed by atoms with Crippen LogP contribution in [0.25, 0.3) is 16.8 Å². The monoisotopic (exact) mass is 406 g/mol. The van der Waals surface area contributed by atoms with Crippen molar-refractivity contribution in [1.29, 1.82) is 0 Å². The minimum absolute atomic E-state index is 0.336. The predicted molar refractivity (Wildman–Crippen MR) is 114 cm³/mol. The number of Topliss-reactive ketones (excluding diaryl/α,β-unsaturated/α-hetero) is 1. The fourth-order valence-electron chi connectivity index (χ4n) is 2.91. The van der Waals surface area contributed by atoms with Gasteiger partial charge in [-0.05, 0) is 58.8 Å². The molecule has 0 spiro atoms. The second kappa shape index (κ2) is 9.60. The molecule has 3 aromatic rings. The Balaban J connectivity index is 1.60. The van der Waals surface area contributed by atoms with E-state index < -0.39 is 5.97 Å². The highest BCUT2D eigenvalue weighted by molar-refractivity contribution is 5.99. The molecule has 154 valence electrons. The van der Waals surface area contributed by atoms with Crippen LogP contribution in [0.15, 0.2) is 60.7 Å². The molecule has 0 aliphatic carbocycles. The summed E-state index contributed by atoms with van der Waals surface area (Å²) >= 11 is 0. The quantitative estimate of drug-likeness (QED) is 0.315. The fraction of sp³-hybridized carbons (Fsp3) is 0.167. The molecule has 0 N–H and O–H groups in total. The van der Waals surface area contributed by atoms with E-state index in [0.29, 0.717) is 17.1 Å². The molecular weight excluding hydrogens is 384 g/mol. The first-order valence-corrected chi connectivity index (χ1v) is 9.22. The molecular formula is C24H22O6. The third kappa shape index (κ3) is 4.97. The molecule has 0 unspecified atom stereocenters. The molecule has 0 amide bonds. The van der Waals surface area contributed by atoms with Crippen molar-refractivity contribution in [2.45, 2.75) is 0 Å². The average molecular weight is 406 g/mol. The van der Waals surface area contributed by atoms with Gasteiger partial charge in [-0.1, -0.05) is 18.2 Å². The van der Waals surface area contributed by atoms with E-state index in [1.54, 1.807) is 31.4 Å². The zero-order valence-electron chi connectivity index (χ0n) is 17.0. The van der Waals surface area contributed by atoms with E-state index in [1.807, 2.05) is 36.4 Å². The summed E-state index contributed by atoms with van der Waals surface area (Å²) in [5, 5.41) is 2.06. The molecule has 0 aliphatic rings. The minimum atomic E-state index is -0.598. The summed E-state index contributed by atoms with van der Waals surface area (Å²) in [5.74, 6) is 0.802. The molecule has 0 atom stereocenters. The molecule has 3 aromatic carbocycles. The van der Waals surface area contributed by atoms with E-state index in [4.69, 9.17) is 18.9 Å². The van der Waals surface area contributed by atoms with Crippen LogP contribution in [0.2, 0.25) is 0 Å². The Bertz CT molecular complexity index is 1100. The Morgan fingerprint density at radius 3 is 2.27 bits per heavy atom. The number of fused-ring (bicyclic) bond motifs is 1. The molecule has 0 radical (unpaired) electrons. The standard InChI is InChI=1S/C24H22O6/c1-27-20-9-7-17-12-16(4-6-18(17)13-20)5-11-24(26)30-15-21(25)19-8-10-22(28-2)23(14-19)29-3/h4-14H,15H2,1-3H3/b11-5+. The molecule has 0 heterocycles. The van der Waals surface area contributed by atoms with Crippen LogP contribution in [0.4, 0.5) is 0 Å². The number of carbonyl (C=O) groups is 2. The number of hydrogen-bond donors (Lipinski definition) is 0. The Morgan fingerprint density at radius 1 is 0.800 bits per heavy atom. The van der Waals surface area contributed by atoms with Crippen LogP contribution in [0.1, 0.15) is 15.9 Å². The highest BCUT2D eigenvalue weighted by atomic mass is 16.5. The van der Waals surface area contributed by atoms with Crippen molar-refractivity contribution in [3.05, 3.63) is 71.8 Å². The van der Waals surface area contributed by atoms with Crippen LogP contribution < -0.4 is 14.2 Å². The van der Waals surface area contributed by atoms with E-state index in [9.17, 15) is 9.59 Å². The van der Waals surface area contributed by atoms with Crippen molar-refractivity contribution in [2.24, 2.45) is 0 Å². The molecule has 6 heteroatoms. The molecule has 0 fully saturated rings. The normalized spacial score (nSPS) is 10.8. The lowest BCUT2D eigenvalue weighted by atomic mass is 10.1. The Labute approximate surface area is 174 Å². The van der Waals surface area contributed by atoms with E-state index >= 15 is 0 Å². The summed E-state index contributed by atoms with van der Waals surface area (Å²) < 4.78 is 20.6. The van der Waals surface area contributed by atoms with Crippen LogP contribution in [0, 0.1) is 0 Å². The van der Waals surface area contributed by atoms with Crippen LogP contribution in [0.5, 0.6) is 17.2 Å². The number of rotatable bonds is 8. The first-order chi connectivity index (χ1) is 14.5. The van der Waals surface area contributed by atoms with E-state index in [2.05, 4.69) is 0 Å². The first-order valence-electron chi connectivity index (χ1n) is 9.22. The molecule has 0 aromatic heterocycles. The second-order valence-electron chi connectivity index (χ2n) is 6.41. The highest BCUT2D eigenvalue weighted by Crippen LogP contribution is 2.27. The van der Waals surface area contributed by atoms with Gasteiger partial charge in [0.15, 0.2) is 23.9 Å². The average Bonchev–Trinajstić information content (AvgIpc) is 2.80. The summed E-state index contributed by atoms with van der Waals surface area (Å²) in [6.07, 6.45) is 2.94. The Morgan fingerprint density at radius 2 is 1.53 bits per heavy atom. The first kappa shape index (κ1) is 20.9. The number of carbonyl (C=O) groups excluding carboxylic acids is 2. The molecule has 3 rings (SSSR count). The number of hydrogen-bond acceptors (Lipinski definition) is 6. The van der Waals surface area contributed by atoms with Crippen LogP contribution >= 0.6 is 0 Å². The van der Waals surface area contributed by atoms with Crippen molar-refractivity contribution < 1.29 is 28.5 Å². The number of ketones is 1. The zero-order valence-corrected chi connectivity index (χ0v) is 17.0. The van der Waals surface area contributed by atoms with Crippen molar-refractivity contribution in [3.63, 3.8) is 0 Å². The van der Waals surface area contributed by atoms with Gasteiger partial charge in [0.25, 0.3) is 0 Å². The smallest absolute Gasteiger partial charge is 0.331 e. The van der Waals surface area contributed by atoms with E-state index in [0.717, 1.165) is 22.1 Å². The van der Waals surface area contributed by atoms with Crippen molar-refractivity contribution >= 4 is 28.6 Å². The Hall–Kier alpha value is -3.80. The van der Waals surface area contributed by atoms with E-state index in [1.165, 1.54) is 20.3 Å². The maximum atomic E-state index is 12.3. The second-order valence-corrected chi connectivity index (χ2v) is 6.41. The molecule has 0 aliphatic heterocycles. The summed E-state index contributed by atoms with van der Waals surface area (Å²) in [6, 6.07) is 16.3. The minimum Gasteiger partial charge on any atom is -0.497 e. The number of methoxy groups -OCH3 is 3. The maximum absolute atomic E-state index is 12.3. The lowest BCUT2D eigenvalue weighted by Crippen LogP contribution is -2.12. The van der Waals surface area contributed by atoms with Gasteiger partial charge in [0.1, 0.15) is 5.75 Å². The SMILES string of the molecule is COc1ccc2cc(/C=C/C(=O)OCC(=O)c3ccc(OC)c(OC)c3)ccc2c1. The molecule has 0 saturated heterocycles. The summed E-state index contributed by atoms with van der Waals surface area (Å²) in [4.78, 5) is 24.3.